The Morgan fingerprint density at radius 2 is 1.64 bits per heavy atom. The molecular formula is C32H37BrF3N5O4. The molecule has 1 atom stereocenters. The van der Waals surface area contributed by atoms with Gasteiger partial charge in [0.15, 0.2) is 5.82 Å². The molecule has 0 spiro atoms. The van der Waals surface area contributed by atoms with Crippen molar-refractivity contribution in [2.75, 3.05) is 11.9 Å². The van der Waals surface area contributed by atoms with Gasteiger partial charge in [-0.2, -0.15) is 18.3 Å². The van der Waals surface area contributed by atoms with Gasteiger partial charge >= 0.3 is 12.3 Å². The van der Waals surface area contributed by atoms with Crippen LogP contribution >= 0.6 is 15.9 Å². The van der Waals surface area contributed by atoms with Crippen LogP contribution in [0.4, 0.5) is 23.7 Å². The Labute approximate surface area is 268 Å². The van der Waals surface area contributed by atoms with Crippen molar-refractivity contribution in [2.45, 2.75) is 71.1 Å². The molecule has 45 heavy (non-hydrogen) atoms. The Hall–Kier alpha value is -3.74. The first kappa shape index (κ1) is 34.1. The number of carbonyl (C=O) groups is 3. The van der Waals surface area contributed by atoms with E-state index in [0.29, 0.717) is 37.1 Å². The Bertz CT molecular complexity index is 1460. The second kappa shape index (κ2) is 14.6. The van der Waals surface area contributed by atoms with Crippen LogP contribution in [0.15, 0.2) is 53.0 Å². The summed E-state index contributed by atoms with van der Waals surface area (Å²) in [6, 6.07) is 13.7. The molecule has 13 heteroatoms. The molecule has 1 aliphatic carbocycles. The standard InChI is InChI=1S/C32H37BrF3N5O4/c1-31(2,3)45-30(44)37-18-20-4-8-21(9-5-20)26(42)17-23(16-19-6-12-24(33)13-7-19)28(43)38-25-14-10-22(11-15-25)27-39-29(41-40-27)32(34,35)36/h6-7,10-15,20-21,23H,4-5,8-9,16-18H2,1-3H3,(H,37,44)(H,38,43)(H,39,40,41). The third kappa shape index (κ3) is 10.4. The molecular weight excluding hydrogens is 655 g/mol. The number of Topliss-reactive ketones (excluding diaryl/α,β-unsaturated/α-hetero) is 1. The van der Waals surface area contributed by atoms with Gasteiger partial charge in [-0.1, -0.05) is 28.1 Å². The van der Waals surface area contributed by atoms with Crippen LogP contribution in [0, 0.1) is 17.8 Å². The van der Waals surface area contributed by atoms with E-state index in [1.807, 2.05) is 50.1 Å². The Morgan fingerprint density at radius 3 is 2.22 bits per heavy atom. The number of H-pyrrole nitrogens is 1. The van der Waals surface area contributed by atoms with Crippen LogP contribution < -0.4 is 10.6 Å². The van der Waals surface area contributed by atoms with Crippen LogP contribution in [-0.2, 0) is 26.9 Å². The Balaban J connectivity index is 1.36. The van der Waals surface area contributed by atoms with E-state index in [2.05, 4.69) is 36.6 Å². The highest BCUT2D eigenvalue weighted by Crippen LogP contribution is 2.32. The number of benzene rings is 2. The number of alkyl carbamates (subject to hydrolysis) is 1. The molecule has 2 amide bonds. The van der Waals surface area contributed by atoms with E-state index >= 15 is 0 Å². The fourth-order valence-corrected chi connectivity index (χ4v) is 5.53. The number of hydrogen-bond acceptors (Lipinski definition) is 6. The zero-order valence-corrected chi connectivity index (χ0v) is 26.9. The van der Waals surface area contributed by atoms with Crippen molar-refractivity contribution in [3.63, 3.8) is 0 Å². The number of ether oxygens (including phenoxy) is 1. The highest BCUT2D eigenvalue weighted by atomic mass is 79.9. The molecule has 1 aliphatic rings. The normalized spacial score (nSPS) is 17.8. The molecule has 4 rings (SSSR count). The van der Waals surface area contributed by atoms with Crippen molar-refractivity contribution in [3.05, 3.63) is 64.4 Å². The first-order chi connectivity index (χ1) is 21.2. The van der Waals surface area contributed by atoms with Gasteiger partial charge in [0.1, 0.15) is 11.4 Å². The van der Waals surface area contributed by atoms with Gasteiger partial charge < -0.3 is 15.4 Å². The molecule has 2 aromatic carbocycles. The van der Waals surface area contributed by atoms with Gasteiger partial charge in [-0.3, -0.25) is 14.7 Å². The molecule has 0 radical (unpaired) electrons. The summed E-state index contributed by atoms with van der Waals surface area (Å²) in [5.74, 6) is -2.14. The highest BCUT2D eigenvalue weighted by Gasteiger charge is 2.35. The van der Waals surface area contributed by atoms with Gasteiger partial charge in [-0.15, -0.1) is 0 Å². The smallest absolute Gasteiger partial charge is 0.444 e. The summed E-state index contributed by atoms with van der Waals surface area (Å²) in [7, 11) is 0. The molecule has 9 nitrogen and oxygen atoms in total. The van der Waals surface area contributed by atoms with Gasteiger partial charge in [-0.05, 0) is 101 Å². The van der Waals surface area contributed by atoms with Gasteiger partial charge in [0.05, 0.1) is 0 Å². The zero-order valence-electron chi connectivity index (χ0n) is 25.3. The molecule has 3 aromatic rings. The largest absolute Gasteiger partial charge is 0.451 e. The maximum atomic E-state index is 13.5. The number of aromatic nitrogens is 3. The minimum atomic E-state index is -4.64. The van der Waals surface area contributed by atoms with Gasteiger partial charge in [0.25, 0.3) is 0 Å². The van der Waals surface area contributed by atoms with Crippen LogP contribution in [0.1, 0.15) is 64.3 Å². The monoisotopic (exact) mass is 691 g/mol. The van der Waals surface area contributed by atoms with Crippen molar-refractivity contribution in [3.8, 4) is 11.4 Å². The summed E-state index contributed by atoms with van der Waals surface area (Å²) >= 11 is 3.42. The lowest BCUT2D eigenvalue weighted by molar-refractivity contribution is -0.144. The third-order valence-electron chi connectivity index (χ3n) is 7.61. The molecule has 1 unspecified atom stereocenters. The lowest BCUT2D eigenvalue weighted by atomic mass is 9.77. The minimum Gasteiger partial charge on any atom is -0.444 e. The predicted molar refractivity (Wildman–Crippen MR) is 166 cm³/mol. The molecule has 0 aliphatic heterocycles. The number of nitrogens with zero attached hydrogens (tertiary/aromatic N) is 2. The number of ketones is 1. The molecule has 1 aromatic heterocycles. The van der Waals surface area contributed by atoms with Crippen molar-refractivity contribution in [1.82, 2.24) is 20.5 Å². The molecule has 1 heterocycles. The summed E-state index contributed by atoms with van der Waals surface area (Å²) in [5.41, 5.74) is 1.11. The van der Waals surface area contributed by atoms with Gasteiger partial charge in [0.2, 0.25) is 11.7 Å². The first-order valence-electron chi connectivity index (χ1n) is 14.8. The van der Waals surface area contributed by atoms with Crippen molar-refractivity contribution < 1.29 is 32.3 Å². The number of aromatic amines is 1. The summed E-state index contributed by atoms with van der Waals surface area (Å²) in [4.78, 5) is 42.4. The van der Waals surface area contributed by atoms with E-state index in [1.54, 1.807) is 12.1 Å². The molecule has 0 saturated heterocycles. The van der Waals surface area contributed by atoms with Crippen molar-refractivity contribution >= 4 is 39.4 Å². The molecule has 1 fully saturated rings. The van der Waals surface area contributed by atoms with Crippen molar-refractivity contribution in [1.29, 1.82) is 0 Å². The minimum absolute atomic E-state index is 0.0336. The number of amides is 2. The maximum Gasteiger partial charge on any atom is 0.451 e. The average molecular weight is 693 g/mol. The summed E-state index contributed by atoms with van der Waals surface area (Å²) in [5, 5.41) is 11.2. The van der Waals surface area contributed by atoms with Crippen LogP contribution in [-0.4, -0.2) is 45.1 Å². The second-order valence-electron chi connectivity index (χ2n) is 12.4. The highest BCUT2D eigenvalue weighted by molar-refractivity contribution is 9.10. The number of anilines is 1. The van der Waals surface area contributed by atoms with Gasteiger partial charge in [-0.25, -0.2) is 9.78 Å². The van der Waals surface area contributed by atoms with E-state index in [0.717, 1.165) is 22.9 Å². The van der Waals surface area contributed by atoms with Crippen LogP contribution in [0.3, 0.4) is 0 Å². The number of carbonyl (C=O) groups excluding carboxylic acids is 3. The quantitative estimate of drug-likeness (QED) is 0.204. The first-order valence-corrected chi connectivity index (χ1v) is 15.6. The predicted octanol–water partition coefficient (Wildman–Crippen LogP) is 7.34. The lowest BCUT2D eigenvalue weighted by Gasteiger charge is -2.29. The summed E-state index contributed by atoms with van der Waals surface area (Å²) < 4.78 is 44.8. The number of halogens is 4. The number of alkyl halides is 3. The Morgan fingerprint density at radius 1 is 1.00 bits per heavy atom. The van der Waals surface area contributed by atoms with E-state index in [1.165, 1.54) is 12.1 Å². The fourth-order valence-electron chi connectivity index (χ4n) is 5.27. The zero-order chi connectivity index (χ0) is 32.8. The fraction of sp³-hybridized carbons (Fsp3) is 0.469. The number of hydrogen-bond donors (Lipinski definition) is 3. The van der Waals surface area contributed by atoms with Crippen LogP contribution in [0.25, 0.3) is 11.4 Å². The van der Waals surface area contributed by atoms with Crippen molar-refractivity contribution in [2.24, 2.45) is 17.8 Å². The molecule has 3 N–H and O–H groups in total. The van der Waals surface area contributed by atoms with Crippen LogP contribution in [0.5, 0.6) is 0 Å². The lowest BCUT2D eigenvalue weighted by Crippen LogP contribution is -2.37. The number of rotatable bonds is 10. The number of nitrogens with one attached hydrogen (secondary N) is 3. The Kier molecular flexibility index (Phi) is 11.1. The SMILES string of the molecule is CC(C)(C)OC(=O)NCC1CCC(C(=O)CC(Cc2ccc(Br)cc2)C(=O)Nc2ccc(-c3n[nH]c(C(F)(F)F)n3)cc2)CC1. The van der Waals surface area contributed by atoms with Crippen LogP contribution in [0.2, 0.25) is 0 Å². The molecule has 0 bridgehead atoms. The van der Waals surface area contributed by atoms with Gasteiger partial charge in [0, 0.05) is 40.5 Å². The topological polar surface area (TPSA) is 126 Å². The van der Waals surface area contributed by atoms with E-state index in [-0.39, 0.29) is 35.8 Å². The third-order valence-corrected chi connectivity index (χ3v) is 8.14. The molecule has 1 saturated carbocycles. The summed E-state index contributed by atoms with van der Waals surface area (Å²) in [6.07, 6.45) is -1.72. The second-order valence-corrected chi connectivity index (χ2v) is 13.3. The summed E-state index contributed by atoms with van der Waals surface area (Å²) in [6.45, 7) is 5.91. The van der Waals surface area contributed by atoms with E-state index in [4.69, 9.17) is 4.74 Å². The maximum absolute atomic E-state index is 13.5. The molecule has 242 valence electrons. The average Bonchev–Trinajstić information content (AvgIpc) is 3.48. The van der Waals surface area contributed by atoms with E-state index in [9.17, 15) is 27.6 Å². The van der Waals surface area contributed by atoms with E-state index < -0.39 is 29.6 Å².